The number of hydrogen-bond donors (Lipinski definition) is 1. The van der Waals surface area contributed by atoms with E-state index < -0.39 is 0 Å². The molecular formula is C16H19Br2NOS. The van der Waals surface area contributed by atoms with Crippen molar-refractivity contribution >= 4 is 43.2 Å². The topological polar surface area (TPSA) is 21.3 Å². The van der Waals surface area contributed by atoms with Crippen molar-refractivity contribution in [3.63, 3.8) is 0 Å². The molecule has 5 heteroatoms. The second-order valence-corrected chi connectivity index (χ2v) is 7.28. The van der Waals surface area contributed by atoms with Crippen LogP contribution in [0, 0.1) is 0 Å². The summed E-state index contributed by atoms with van der Waals surface area (Å²) in [6.07, 6.45) is 2.08. The van der Waals surface area contributed by atoms with E-state index in [9.17, 15) is 0 Å². The molecule has 0 aliphatic rings. The quantitative estimate of drug-likeness (QED) is 0.564. The third-order valence-electron chi connectivity index (χ3n) is 3.03. The van der Waals surface area contributed by atoms with E-state index in [0.29, 0.717) is 6.61 Å². The summed E-state index contributed by atoms with van der Waals surface area (Å²) in [4.78, 5) is 0. The molecule has 0 radical (unpaired) electrons. The molecule has 0 fully saturated rings. The van der Waals surface area contributed by atoms with E-state index in [1.165, 1.54) is 11.1 Å². The van der Waals surface area contributed by atoms with Crippen LogP contribution in [0.25, 0.3) is 0 Å². The summed E-state index contributed by atoms with van der Waals surface area (Å²) in [6.45, 7) is 4.76. The maximum atomic E-state index is 5.91. The summed E-state index contributed by atoms with van der Waals surface area (Å²) in [5.41, 5.74) is 2.57. The Balaban J connectivity index is 1.93. The molecular weight excluding hydrogens is 414 g/mol. The molecule has 0 amide bonds. The molecule has 0 saturated heterocycles. The van der Waals surface area contributed by atoms with Crippen molar-refractivity contribution in [2.45, 2.75) is 26.3 Å². The van der Waals surface area contributed by atoms with Gasteiger partial charge >= 0.3 is 0 Å². The van der Waals surface area contributed by atoms with Gasteiger partial charge in [0.15, 0.2) is 0 Å². The fourth-order valence-corrected chi connectivity index (χ4v) is 4.18. The van der Waals surface area contributed by atoms with Gasteiger partial charge in [0.05, 0.1) is 15.6 Å². The summed E-state index contributed by atoms with van der Waals surface area (Å²) in [5, 5.41) is 7.66. The molecule has 1 aromatic carbocycles. The second kappa shape index (κ2) is 8.93. The van der Waals surface area contributed by atoms with E-state index in [4.69, 9.17) is 4.74 Å². The van der Waals surface area contributed by atoms with Crippen molar-refractivity contribution in [2.75, 3.05) is 13.2 Å². The van der Waals surface area contributed by atoms with Crippen LogP contribution >= 0.6 is 43.2 Å². The molecule has 0 aliphatic carbocycles. The van der Waals surface area contributed by atoms with Crippen molar-refractivity contribution < 1.29 is 4.74 Å². The number of ether oxygens (including phenoxy) is 1. The van der Waals surface area contributed by atoms with Gasteiger partial charge in [0.1, 0.15) is 5.75 Å². The van der Waals surface area contributed by atoms with Gasteiger partial charge in [-0.05, 0) is 84.9 Å². The molecule has 2 nitrogen and oxygen atoms in total. The Hall–Kier alpha value is -0.360. The van der Waals surface area contributed by atoms with Gasteiger partial charge in [0, 0.05) is 13.0 Å². The van der Waals surface area contributed by atoms with Crippen molar-refractivity contribution in [2.24, 2.45) is 0 Å². The fraction of sp³-hybridized carbons (Fsp3) is 0.375. The number of thiophene rings is 1. The Labute approximate surface area is 147 Å². The lowest BCUT2D eigenvalue weighted by atomic mass is 10.2. The lowest BCUT2D eigenvalue weighted by Gasteiger charge is -2.12. The summed E-state index contributed by atoms with van der Waals surface area (Å²) in [6, 6.07) is 6.38. The Kier molecular flexibility index (Phi) is 7.23. The Morgan fingerprint density at radius 2 is 1.95 bits per heavy atom. The average Bonchev–Trinajstić information content (AvgIpc) is 2.95. The van der Waals surface area contributed by atoms with Crippen LogP contribution in [-0.4, -0.2) is 13.2 Å². The molecule has 21 heavy (non-hydrogen) atoms. The zero-order valence-corrected chi connectivity index (χ0v) is 16.0. The minimum atomic E-state index is 0.682. The molecule has 0 saturated carbocycles. The normalized spacial score (nSPS) is 10.8. The standard InChI is InChI=1S/C16H19Br2NOS/c1-2-5-19-10-13-8-14(17)16(15(18)9-13)20-6-3-12-4-7-21-11-12/h4,7-9,11,19H,2-3,5-6,10H2,1H3. The van der Waals surface area contributed by atoms with E-state index in [-0.39, 0.29) is 0 Å². The van der Waals surface area contributed by atoms with Crippen molar-refractivity contribution in [3.05, 3.63) is 49.0 Å². The SMILES string of the molecule is CCCNCc1cc(Br)c(OCCc2ccsc2)c(Br)c1. The first-order chi connectivity index (χ1) is 10.2. The Bertz CT molecular complexity index is 534. The van der Waals surface area contributed by atoms with Gasteiger partial charge < -0.3 is 10.1 Å². The van der Waals surface area contributed by atoms with E-state index in [1.54, 1.807) is 11.3 Å². The van der Waals surface area contributed by atoms with Crippen LogP contribution < -0.4 is 10.1 Å². The lowest BCUT2D eigenvalue weighted by molar-refractivity contribution is 0.318. The largest absolute Gasteiger partial charge is 0.491 e. The molecule has 114 valence electrons. The molecule has 2 aromatic rings. The van der Waals surface area contributed by atoms with E-state index in [0.717, 1.165) is 40.6 Å². The maximum absolute atomic E-state index is 5.91. The molecule has 0 spiro atoms. The first-order valence-electron chi connectivity index (χ1n) is 7.03. The van der Waals surface area contributed by atoms with Crippen molar-refractivity contribution in [3.8, 4) is 5.75 Å². The molecule has 1 N–H and O–H groups in total. The van der Waals surface area contributed by atoms with Gasteiger partial charge in [-0.25, -0.2) is 0 Å². The van der Waals surface area contributed by atoms with Crippen molar-refractivity contribution in [1.29, 1.82) is 0 Å². The Morgan fingerprint density at radius 3 is 2.57 bits per heavy atom. The number of benzene rings is 1. The number of nitrogens with one attached hydrogen (secondary N) is 1. The summed E-state index contributed by atoms with van der Waals surface area (Å²) in [5.74, 6) is 0.879. The molecule has 0 atom stereocenters. The predicted molar refractivity (Wildman–Crippen MR) is 97.4 cm³/mol. The summed E-state index contributed by atoms with van der Waals surface area (Å²) >= 11 is 8.93. The number of halogens is 2. The number of rotatable bonds is 8. The Morgan fingerprint density at radius 1 is 1.19 bits per heavy atom. The van der Waals surface area contributed by atoms with Gasteiger partial charge in [-0.2, -0.15) is 11.3 Å². The number of hydrogen-bond acceptors (Lipinski definition) is 3. The molecule has 1 aromatic heterocycles. The zero-order chi connectivity index (χ0) is 15.1. The van der Waals surface area contributed by atoms with Crippen LogP contribution in [0.15, 0.2) is 37.9 Å². The monoisotopic (exact) mass is 431 g/mol. The highest BCUT2D eigenvalue weighted by Gasteiger charge is 2.09. The highest BCUT2D eigenvalue weighted by Crippen LogP contribution is 2.35. The molecule has 2 rings (SSSR count). The molecule has 1 heterocycles. The van der Waals surface area contributed by atoms with E-state index in [1.807, 2.05) is 0 Å². The maximum Gasteiger partial charge on any atom is 0.147 e. The van der Waals surface area contributed by atoms with E-state index in [2.05, 4.69) is 73.1 Å². The summed E-state index contributed by atoms with van der Waals surface area (Å²) < 4.78 is 7.90. The second-order valence-electron chi connectivity index (χ2n) is 4.80. The summed E-state index contributed by atoms with van der Waals surface area (Å²) in [7, 11) is 0. The van der Waals surface area contributed by atoms with Crippen LogP contribution in [0.1, 0.15) is 24.5 Å². The van der Waals surface area contributed by atoms with Gasteiger partial charge in [0.25, 0.3) is 0 Å². The van der Waals surface area contributed by atoms with Crippen molar-refractivity contribution in [1.82, 2.24) is 5.32 Å². The van der Waals surface area contributed by atoms with Crippen LogP contribution in [0.2, 0.25) is 0 Å². The minimum absolute atomic E-state index is 0.682. The smallest absolute Gasteiger partial charge is 0.147 e. The van der Waals surface area contributed by atoms with Crippen LogP contribution in [0.3, 0.4) is 0 Å². The third kappa shape index (κ3) is 5.40. The van der Waals surface area contributed by atoms with Gasteiger partial charge in [-0.1, -0.05) is 6.92 Å². The van der Waals surface area contributed by atoms with Gasteiger partial charge in [0.2, 0.25) is 0 Å². The highest BCUT2D eigenvalue weighted by molar-refractivity contribution is 9.11. The highest BCUT2D eigenvalue weighted by atomic mass is 79.9. The third-order valence-corrected chi connectivity index (χ3v) is 4.94. The molecule has 0 bridgehead atoms. The van der Waals surface area contributed by atoms with Gasteiger partial charge in [-0.15, -0.1) is 0 Å². The van der Waals surface area contributed by atoms with Crippen LogP contribution in [-0.2, 0) is 13.0 Å². The minimum Gasteiger partial charge on any atom is -0.491 e. The van der Waals surface area contributed by atoms with E-state index >= 15 is 0 Å². The zero-order valence-electron chi connectivity index (χ0n) is 12.0. The molecule has 0 unspecified atom stereocenters. The van der Waals surface area contributed by atoms with Crippen LogP contribution in [0.5, 0.6) is 5.75 Å². The predicted octanol–water partition coefficient (Wildman–Crippen LogP) is 5.39. The fourth-order valence-electron chi connectivity index (χ4n) is 1.97. The first kappa shape index (κ1) is 17.0. The first-order valence-corrected chi connectivity index (χ1v) is 9.56. The van der Waals surface area contributed by atoms with Gasteiger partial charge in [-0.3, -0.25) is 0 Å². The average molecular weight is 433 g/mol. The van der Waals surface area contributed by atoms with Crippen LogP contribution in [0.4, 0.5) is 0 Å². The lowest BCUT2D eigenvalue weighted by Crippen LogP contribution is -2.13. The molecule has 0 aliphatic heterocycles.